The van der Waals surface area contributed by atoms with Gasteiger partial charge < -0.3 is 10.1 Å². The molecule has 0 aliphatic heterocycles. The maximum Gasteiger partial charge on any atom is 0.212 e. The van der Waals surface area contributed by atoms with Crippen molar-refractivity contribution in [3.63, 3.8) is 0 Å². The van der Waals surface area contributed by atoms with E-state index in [2.05, 4.69) is 29.1 Å². The fourth-order valence-electron chi connectivity index (χ4n) is 3.35. The summed E-state index contributed by atoms with van der Waals surface area (Å²) in [4.78, 5) is 0. The average molecular weight is 348 g/mol. The minimum atomic E-state index is 0.451. The summed E-state index contributed by atoms with van der Waals surface area (Å²) in [6.07, 6.45) is 6.24. The Labute approximate surface area is 149 Å². The van der Waals surface area contributed by atoms with Crippen molar-refractivity contribution in [2.75, 3.05) is 7.05 Å². The zero-order valence-electron chi connectivity index (χ0n) is 14.5. The molecule has 1 aromatic heterocycles. The first-order chi connectivity index (χ1) is 11.7. The average Bonchev–Trinajstić information content (AvgIpc) is 3.00. The lowest BCUT2D eigenvalue weighted by Crippen LogP contribution is -2.16. The van der Waals surface area contributed by atoms with Crippen LogP contribution in [0.25, 0.3) is 0 Å². The Balaban J connectivity index is 1.79. The van der Waals surface area contributed by atoms with Crippen molar-refractivity contribution in [1.29, 1.82) is 0 Å². The van der Waals surface area contributed by atoms with Crippen LogP contribution in [-0.2, 0) is 13.2 Å². The number of nitrogens with zero attached hydrogens (tertiary/aromatic N) is 2. The van der Waals surface area contributed by atoms with Crippen LogP contribution in [-0.4, -0.2) is 16.8 Å². The van der Waals surface area contributed by atoms with Gasteiger partial charge in [-0.15, -0.1) is 0 Å². The fraction of sp³-hybridized carbons (Fsp3) is 0.526. The summed E-state index contributed by atoms with van der Waals surface area (Å²) in [5.74, 6) is 0.852. The molecule has 0 spiro atoms. The summed E-state index contributed by atoms with van der Waals surface area (Å²) in [5.41, 5.74) is 3.23. The van der Waals surface area contributed by atoms with E-state index >= 15 is 0 Å². The van der Waals surface area contributed by atoms with Crippen LogP contribution in [0.15, 0.2) is 24.3 Å². The first-order valence-electron chi connectivity index (χ1n) is 8.78. The van der Waals surface area contributed by atoms with Crippen LogP contribution in [0.4, 0.5) is 0 Å². The molecule has 0 radical (unpaired) electrons. The van der Waals surface area contributed by atoms with E-state index in [1.54, 1.807) is 0 Å². The summed E-state index contributed by atoms with van der Waals surface area (Å²) >= 11 is 6.29. The van der Waals surface area contributed by atoms with Gasteiger partial charge in [0.15, 0.2) is 0 Å². The molecule has 1 aliphatic rings. The molecule has 0 unspecified atom stereocenters. The molecule has 1 N–H and O–H groups in total. The van der Waals surface area contributed by atoms with Crippen molar-refractivity contribution < 1.29 is 4.74 Å². The molecule has 0 amide bonds. The highest BCUT2D eigenvalue weighted by atomic mass is 35.5. The molecule has 1 aromatic carbocycles. The molecule has 130 valence electrons. The van der Waals surface area contributed by atoms with E-state index < -0.39 is 0 Å². The monoisotopic (exact) mass is 347 g/mol. The van der Waals surface area contributed by atoms with Crippen molar-refractivity contribution in [3.8, 4) is 5.88 Å². The zero-order chi connectivity index (χ0) is 16.9. The van der Waals surface area contributed by atoms with Crippen LogP contribution < -0.4 is 10.1 Å². The van der Waals surface area contributed by atoms with Crippen LogP contribution in [0.1, 0.15) is 55.0 Å². The predicted octanol–water partition coefficient (Wildman–Crippen LogP) is 4.65. The third kappa shape index (κ3) is 4.11. The smallest absolute Gasteiger partial charge is 0.212 e. The largest absolute Gasteiger partial charge is 0.473 e. The molecule has 0 atom stereocenters. The van der Waals surface area contributed by atoms with E-state index in [1.165, 1.54) is 37.7 Å². The molecule has 5 heteroatoms. The minimum absolute atomic E-state index is 0.451. The van der Waals surface area contributed by atoms with Crippen molar-refractivity contribution in [2.24, 2.45) is 0 Å². The van der Waals surface area contributed by atoms with Gasteiger partial charge in [0, 0.05) is 23.2 Å². The summed E-state index contributed by atoms with van der Waals surface area (Å²) in [5, 5.41) is 8.69. The number of ether oxygens (including phenoxy) is 1. The number of nitrogens with one attached hydrogen (secondary N) is 1. The predicted molar refractivity (Wildman–Crippen MR) is 97.6 cm³/mol. The van der Waals surface area contributed by atoms with Crippen molar-refractivity contribution in [1.82, 2.24) is 15.1 Å². The standard InChI is InChI=1S/C19H26ClN3O/c1-14-8-9-18(20)15(10-14)13-24-19-11-16(12-21-2)22-23(19)17-6-4-3-5-7-17/h8-11,17,21H,3-7,12-13H2,1-2H3. The maximum absolute atomic E-state index is 6.29. The molecule has 1 aliphatic carbocycles. The maximum atomic E-state index is 6.29. The lowest BCUT2D eigenvalue weighted by atomic mass is 9.96. The van der Waals surface area contributed by atoms with Gasteiger partial charge in [0.1, 0.15) is 6.61 Å². The van der Waals surface area contributed by atoms with Gasteiger partial charge >= 0.3 is 0 Å². The van der Waals surface area contributed by atoms with Crippen LogP contribution in [0, 0.1) is 6.92 Å². The molecule has 2 aromatic rings. The normalized spacial score (nSPS) is 15.6. The van der Waals surface area contributed by atoms with Gasteiger partial charge in [0.2, 0.25) is 5.88 Å². The third-order valence-electron chi connectivity index (χ3n) is 4.61. The Morgan fingerprint density at radius 2 is 2.04 bits per heavy atom. The SMILES string of the molecule is CNCc1cc(OCc2cc(C)ccc2Cl)n(C2CCCCC2)n1. The van der Waals surface area contributed by atoms with Crippen molar-refractivity contribution in [3.05, 3.63) is 46.1 Å². The molecule has 4 nitrogen and oxygen atoms in total. The Morgan fingerprint density at radius 1 is 1.25 bits per heavy atom. The number of aryl methyl sites for hydroxylation is 1. The first-order valence-corrected chi connectivity index (χ1v) is 9.16. The Bertz CT molecular complexity index is 677. The molecular formula is C19H26ClN3O. The second-order valence-electron chi connectivity index (χ2n) is 6.62. The second-order valence-corrected chi connectivity index (χ2v) is 7.03. The molecular weight excluding hydrogens is 322 g/mol. The number of benzene rings is 1. The number of halogens is 1. The Kier molecular flexibility index (Phi) is 5.80. The van der Waals surface area contributed by atoms with Gasteiger partial charge in [-0.25, -0.2) is 4.68 Å². The number of hydrogen-bond acceptors (Lipinski definition) is 3. The number of hydrogen-bond donors (Lipinski definition) is 1. The van der Waals surface area contributed by atoms with Gasteiger partial charge in [0.25, 0.3) is 0 Å². The topological polar surface area (TPSA) is 39.1 Å². The fourth-order valence-corrected chi connectivity index (χ4v) is 3.53. The lowest BCUT2D eigenvalue weighted by Gasteiger charge is -2.23. The summed E-state index contributed by atoms with van der Waals surface area (Å²) in [6.45, 7) is 3.29. The Hall–Kier alpha value is -1.52. The van der Waals surface area contributed by atoms with Gasteiger partial charge in [0.05, 0.1) is 11.7 Å². The molecule has 3 rings (SSSR count). The highest BCUT2D eigenvalue weighted by Gasteiger charge is 2.21. The highest BCUT2D eigenvalue weighted by molar-refractivity contribution is 6.31. The highest BCUT2D eigenvalue weighted by Crippen LogP contribution is 2.32. The summed E-state index contributed by atoms with van der Waals surface area (Å²) in [6, 6.07) is 8.53. The minimum Gasteiger partial charge on any atom is -0.473 e. The van der Waals surface area contributed by atoms with E-state index in [9.17, 15) is 0 Å². The van der Waals surface area contributed by atoms with E-state index in [0.717, 1.165) is 28.7 Å². The van der Waals surface area contributed by atoms with Crippen LogP contribution in [0.3, 0.4) is 0 Å². The molecule has 1 fully saturated rings. The Morgan fingerprint density at radius 3 is 2.79 bits per heavy atom. The number of rotatable bonds is 6. The zero-order valence-corrected chi connectivity index (χ0v) is 15.3. The van der Waals surface area contributed by atoms with E-state index in [1.807, 2.05) is 19.2 Å². The van der Waals surface area contributed by atoms with Crippen LogP contribution >= 0.6 is 11.6 Å². The van der Waals surface area contributed by atoms with E-state index in [4.69, 9.17) is 21.4 Å². The second kappa shape index (κ2) is 8.04. The number of aromatic nitrogens is 2. The summed E-state index contributed by atoms with van der Waals surface area (Å²) < 4.78 is 8.22. The molecule has 0 saturated heterocycles. The quantitative estimate of drug-likeness (QED) is 0.826. The first kappa shape index (κ1) is 17.3. The van der Waals surface area contributed by atoms with Crippen LogP contribution in [0.2, 0.25) is 5.02 Å². The van der Waals surface area contributed by atoms with Gasteiger partial charge in [-0.3, -0.25) is 0 Å². The molecule has 0 bridgehead atoms. The van der Waals surface area contributed by atoms with Crippen molar-refractivity contribution in [2.45, 2.75) is 58.2 Å². The molecule has 1 saturated carbocycles. The van der Waals surface area contributed by atoms with Crippen LogP contribution in [0.5, 0.6) is 5.88 Å². The van der Waals surface area contributed by atoms with E-state index in [0.29, 0.717) is 12.6 Å². The van der Waals surface area contributed by atoms with Crippen molar-refractivity contribution >= 4 is 11.6 Å². The lowest BCUT2D eigenvalue weighted by molar-refractivity contribution is 0.237. The molecule has 24 heavy (non-hydrogen) atoms. The van der Waals surface area contributed by atoms with E-state index in [-0.39, 0.29) is 0 Å². The van der Waals surface area contributed by atoms with Gasteiger partial charge in [-0.1, -0.05) is 48.6 Å². The molecule has 1 heterocycles. The third-order valence-corrected chi connectivity index (χ3v) is 4.98. The summed E-state index contributed by atoms with van der Waals surface area (Å²) in [7, 11) is 1.94. The van der Waals surface area contributed by atoms with Gasteiger partial charge in [-0.2, -0.15) is 5.10 Å². The van der Waals surface area contributed by atoms with Gasteiger partial charge in [-0.05, 0) is 32.9 Å².